The monoisotopic (exact) mass is 337 g/mol. The fourth-order valence-corrected chi connectivity index (χ4v) is 4.17. The normalized spacial score (nSPS) is 17.1. The maximum Gasteiger partial charge on any atom is 0.212 e. The highest BCUT2D eigenvalue weighted by Gasteiger charge is 2.29. The first-order valence-electron chi connectivity index (χ1n) is 7.64. The first kappa shape index (κ1) is 13.6. The predicted octanol–water partition coefficient (Wildman–Crippen LogP) is 2.65. The summed E-state index contributed by atoms with van der Waals surface area (Å²) in [6.45, 7) is 4.09. The highest BCUT2D eigenvalue weighted by Crippen LogP contribution is 2.35. The molecule has 24 heavy (non-hydrogen) atoms. The van der Waals surface area contributed by atoms with Gasteiger partial charge in [-0.15, -0.1) is 11.3 Å². The molecule has 0 radical (unpaired) electrons. The van der Waals surface area contributed by atoms with Crippen molar-refractivity contribution in [2.75, 3.05) is 5.32 Å². The van der Waals surface area contributed by atoms with Gasteiger partial charge in [0.15, 0.2) is 17.1 Å². The van der Waals surface area contributed by atoms with Crippen molar-refractivity contribution in [3.8, 4) is 0 Å². The molecule has 3 aromatic heterocycles. The maximum absolute atomic E-state index is 6.03. The number of aryl methyl sites for hydroxylation is 2. The zero-order chi connectivity index (χ0) is 16.4. The number of thiazole rings is 1. The third kappa shape index (κ3) is 1.74. The van der Waals surface area contributed by atoms with Gasteiger partial charge in [-0.1, -0.05) is 12.1 Å². The topological polar surface area (TPSA) is 85.5 Å². The van der Waals surface area contributed by atoms with E-state index in [2.05, 4.69) is 42.4 Å². The summed E-state index contributed by atoms with van der Waals surface area (Å²) in [5, 5.41) is 3.07. The summed E-state index contributed by atoms with van der Waals surface area (Å²) in [5.41, 5.74) is 9.92. The lowest BCUT2D eigenvalue weighted by atomic mass is 10.2. The van der Waals surface area contributed by atoms with E-state index in [1.54, 1.807) is 11.3 Å². The second-order valence-corrected chi connectivity index (χ2v) is 7.10. The molecular weight excluding hydrogens is 322 g/mol. The lowest BCUT2D eigenvalue weighted by Gasteiger charge is -2.23. The smallest absolute Gasteiger partial charge is 0.212 e. The fourth-order valence-electron chi connectivity index (χ4n) is 3.29. The Bertz CT molecular complexity index is 1130. The van der Waals surface area contributed by atoms with Gasteiger partial charge in [0.1, 0.15) is 0 Å². The molecule has 1 aliphatic heterocycles. The van der Waals surface area contributed by atoms with Crippen LogP contribution in [0.3, 0.4) is 0 Å². The van der Waals surface area contributed by atoms with Crippen LogP contribution >= 0.6 is 11.3 Å². The third-order valence-corrected chi connectivity index (χ3v) is 5.15. The molecular formula is C16H15N7S. The van der Waals surface area contributed by atoms with Crippen molar-refractivity contribution >= 4 is 39.2 Å². The number of anilines is 1. The van der Waals surface area contributed by atoms with Crippen molar-refractivity contribution in [2.45, 2.75) is 20.0 Å². The van der Waals surface area contributed by atoms with Crippen LogP contribution in [0.15, 0.2) is 35.5 Å². The number of imidazole rings is 2. The zero-order valence-electron chi connectivity index (χ0n) is 13.2. The van der Waals surface area contributed by atoms with E-state index >= 15 is 0 Å². The molecule has 3 N–H and O–H groups in total. The van der Waals surface area contributed by atoms with Crippen LogP contribution in [-0.2, 0) is 0 Å². The molecule has 7 nitrogen and oxygen atoms in total. The molecule has 5 rings (SSSR count). The number of hydrogen-bond donors (Lipinski definition) is 2. The molecule has 8 heteroatoms. The summed E-state index contributed by atoms with van der Waals surface area (Å²) >= 11 is 1.67. The molecule has 0 amide bonds. The zero-order valence-corrected chi connectivity index (χ0v) is 14.0. The Morgan fingerprint density at radius 1 is 1.21 bits per heavy atom. The van der Waals surface area contributed by atoms with Gasteiger partial charge in [0.05, 0.1) is 22.4 Å². The quantitative estimate of drug-likeness (QED) is 0.559. The number of nitrogens with two attached hydrogens (primary N) is 1. The third-order valence-electron chi connectivity index (χ3n) is 4.25. The van der Waals surface area contributed by atoms with Crippen LogP contribution in [0.25, 0.3) is 16.0 Å². The number of hydrogen-bond acceptors (Lipinski definition) is 6. The maximum atomic E-state index is 6.03. The molecule has 1 aliphatic rings. The van der Waals surface area contributed by atoms with Crippen molar-refractivity contribution in [1.82, 2.24) is 18.9 Å². The number of guanidine groups is 1. The summed E-state index contributed by atoms with van der Waals surface area (Å²) in [6, 6.07) is 8.02. The number of rotatable bonds is 1. The van der Waals surface area contributed by atoms with E-state index in [-0.39, 0.29) is 6.17 Å². The number of benzene rings is 1. The molecule has 4 heterocycles. The Labute approximate surface area is 141 Å². The summed E-state index contributed by atoms with van der Waals surface area (Å²) in [7, 11) is 0. The van der Waals surface area contributed by atoms with Crippen LogP contribution in [0, 0.1) is 13.8 Å². The molecule has 0 aliphatic carbocycles. The number of nitrogens with one attached hydrogen (secondary N) is 1. The van der Waals surface area contributed by atoms with Gasteiger partial charge in [-0.05, 0) is 26.0 Å². The average Bonchev–Trinajstić information content (AvgIpc) is 3.15. The number of aliphatic imine (C=N–C) groups is 1. The number of fused-ring (bicyclic) bond motifs is 4. The SMILES string of the molecule is Cc1cn2c([C@H]3N=C(N)Nc4nc5ccccc5n43)c(C)nc2s1. The molecule has 1 aromatic carbocycles. The number of nitrogens with zero attached hydrogens (tertiary/aromatic N) is 5. The standard InChI is InChI=1S/C16H15N7S/c1-8-7-22-12(9(2)18-16(22)24-8)13-20-14(17)21-15-19-10-5-3-4-6-11(10)23(13)15/h3-7,13H,1-2H3,(H3,17,19,20,21)/t13-/m0/s1. The first-order chi connectivity index (χ1) is 11.6. The fraction of sp³-hybridized carbons (Fsp3) is 0.188. The summed E-state index contributed by atoms with van der Waals surface area (Å²) < 4.78 is 4.19. The molecule has 0 spiro atoms. The van der Waals surface area contributed by atoms with Gasteiger partial charge < -0.3 is 5.73 Å². The number of para-hydroxylation sites is 2. The Hall–Kier alpha value is -2.87. The van der Waals surface area contributed by atoms with Crippen molar-refractivity contribution < 1.29 is 0 Å². The Balaban J connectivity index is 1.84. The molecule has 0 fully saturated rings. The van der Waals surface area contributed by atoms with Crippen LogP contribution in [0.4, 0.5) is 5.95 Å². The van der Waals surface area contributed by atoms with Gasteiger partial charge in [0, 0.05) is 11.1 Å². The average molecular weight is 337 g/mol. The van der Waals surface area contributed by atoms with Gasteiger partial charge in [0.25, 0.3) is 0 Å². The lowest BCUT2D eigenvalue weighted by molar-refractivity contribution is 0.600. The van der Waals surface area contributed by atoms with Gasteiger partial charge >= 0.3 is 0 Å². The van der Waals surface area contributed by atoms with E-state index in [0.29, 0.717) is 11.9 Å². The van der Waals surface area contributed by atoms with Crippen LogP contribution in [0.5, 0.6) is 0 Å². The summed E-state index contributed by atoms with van der Waals surface area (Å²) in [5.74, 6) is 1.07. The van der Waals surface area contributed by atoms with Gasteiger partial charge in [-0.25, -0.2) is 15.0 Å². The van der Waals surface area contributed by atoms with Crippen molar-refractivity contribution in [2.24, 2.45) is 10.7 Å². The molecule has 4 aromatic rings. The molecule has 0 unspecified atom stereocenters. The van der Waals surface area contributed by atoms with Crippen LogP contribution < -0.4 is 11.1 Å². The minimum absolute atomic E-state index is 0.294. The minimum atomic E-state index is -0.294. The van der Waals surface area contributed by atoms with Crippen LogP contribution in [0.1, 0.15) is 22.4 Å². The van der Waals surface area contributed by atoms with E-state index in [1.165, 1.54) is 4.88 Å². The first-order valence-corrected chi connectivity index (χ1v) is 8.46. The summed E-state index contributed by atoms with van der Waals surface area (Å²) in [6.07, 6.45) is 1.81. The Morgan fingerprint density at radius 2 is 2.04 bits per heavy atom. The summed E-state index contributed by atoms with van der Waals surface area (Å²) in [4.78, 5) is 16.2. The van der Waals surface area contributed by atoms with E-state index in [0.717, 1.165) is 27.4 Å². The molecule has 1 atom stereocenters. The van der Waals surface area contributed by atoms with Gasteiger partial charge in [-0.2, -0.15) is 0 Å². The molecule has 0 saturated heterocycles. The highest BCUT2D eigenvalue weighted by atomic mass is 32.1. The van der Waals surface area contributed by atoms with E-state index < -0.39 is 0 Å². The number of aromatic nitrogens is 4. The van der Waals surface area contributed by atoms with E-state index in [9.17, 15) is 0 Å². The minimum Gasteiger partial charge on any atom is -0.370 e. The van der Waals surface area contributed by atoms with Gasteiger partial charge in [-0.3, -0.25) is 14.3 Å². The Morgan fingerprint density at radius 3 is 2.92 bits per heavy atom. The van der Waals surface area contributed by atoms with Crippen molar-refractivity contribution in [1.29, 1.82) is 0 Å². The highest BCUT2D eigenvalue weighted by molar-refractivity contribution is 7.17. The van der Waals surface area contributed by atoms with Crippen molar-refractivity contribution in [3.63, 3.8) is 0 Å². The predicted molar refractivity (Wildman–Crippen MR) is 95.7 cm³/mol. The van der Waals surface area contributed by atoms with Crippen LogP contribution in [0.2, 0.25) is 0 Å². The molecule has 0 saturated carbocycles. The van der Waals surface area contributed by atoms with Crippen LogP contribution in [-0.4, -0.2) is 24.9 Å². The lowest BCUT2D eigenvalue weighted by Crippen LogP contribution is -2.32. The molecule has 0 bridgehead atoms. The Kier molecular flexibility index (Phi) is 2.58. The largest absolute Gasteiger partial charge is 0.370 e. The van der Waals surface area contributed by atoms with Gasteiger partial charge in [0.2, 0.25) is 5.95 Å². The van der Waals surface area contributed by atoms with E-state index in [4.69, 9.17) is 5.73 Å². The second-order valence-electron chi connectivity index (χ2n) is 5.88. The van der Waals surface area contributed by atoms with Crippen molar-refractivity contribution in [3.05, 3.63) is 46.7 Å². The molecule has 120 valence electrons. The van der Waals surface area contributed by atoms with E-state index in [1.807, 2.05) is 31.2 Å². The second kappa shape index (κ2) is 4.57.